The summed E-state index contributed by atoms with van der Waals surface area (Å²) in [6.45, 7) is 0.409. The number of amides is 6. The molecular weight excluding hydrogens is 805 g/mol. The van der Waals surface area contributed by atoms with Crippen molar-refractivity contribution in [1.82, 2.24) is 26.6 Å². The average molecular weight is 861 g/mol. The van der Waals surface area contributed by atoms with Crippen LogP contribution in [0.1, 0.15) is 62.5 Å². The molecule has 21 heteroatoms. The zero-order valence-electron chi connectivity index (χ0n) is 33.3. The standard InChI is InChI=1S/C39H56N8O12S/c1-60-19-17-29(43-34(53)26(41)4-2-3-18-40)37(56)44-27(13-15-32(42)50)35(54)45-28(14-16-33(51)52)36(55)46-30(20-22-5-9-24(48)10-6-22)38(57)47-31(39(58)59)21-23-7-11-25(49)12-8-23/h5-12,26-31,48-49H,2-4,13-21,40-41H2,1H3,(H2,42,50)(H,43,53)(H,44,56)(H,45,54)(H,46,55)(H,47,57)(H,51,52)(H,58,59)/t26-,27-,28-,29-,30-,31-/m0/s1. The Morgan fingerprint density at radius 3 is 1.45 bits per heavy atom. The highest BCUT2D eigenvalue weighted by atomic mass is 32.2. The molecule has 20 nitrogen and oxygen atoms in total. The Hall–Kier alpha value is -5.93. The van der Waals surface area contributed by atoms with Crippen molar-refractivity contribution in [3.63, 3.8) is 0 Å². The van der Waals surface area contributed by atoms with Gasteiger partial charge in [-0.1, -0.05) is 30.7 Å². The zero-order chi connectivity index (χ0) is 44.8. The predicted molar refractivity (Wildman–Crippen MR) is 220 cm³/mol. The van der Waals surface area contributed by atoms with Crippen LogP contribution in [0.25, 0.3) is 0 Å². The molecule has 2 aromatic carbocycles. The number of primary amides is 1. The van der Waals surface area contributed by atoms with Crippen molar-refractivity contribution in [2.75, 3.05) is 18.6 Å². The number of phenols is 2. The molecule has 0 radical (unpaired) electrons. The molecule has 2 aromatic rings. The van der Waals surface area contributed by atoms with Gasteiger partial charge in [0.2, 0.25) is 35.4 Å². The number of aliphatic carboxylic acids is 2. The molecular formula is C39H56N8O12S. The lowest BCUT2D eigenvalue weighted by molar-refractivity contribution is -0.142. The molecule has 0 fully saturated rings. The number of carboxylic acid groups (broad SMARTS) is 2. The minimum Gasteiger partial charge on any atom is -0.508 e. The van der Waals surface area contributed by atoms with E-state index in [2.05, 4.69) is 26.6 Å². The van der Waals surface area contributed by atoms with Gasteiger partial charge in [0.05, 0.1) is 6.04 Å². The number of hydrogen-bond acceptors (Lipinski definition) is 13. The van der Waals surface area contributed by atoms with Crippen LogP contribution in [0.15, 0.2) is 48.5 Å². The normalized spacial score (nSPS) is 13.9. The summed E-state index contributed by atoms with van der Waals surface area (Å²) in [5.74, 6) is -7.80. The molecule has 0 bridgehead atoms. The number of nitrogens with two attached hydrogens (primary N) is 3. The van der Waals surface area contributed by atoms with Crippen LogP contribution in [0.5, 0.6) is 11.5 Å². The summed E-state index contributed by atoms with van der Waals surface area (Å²) in [6, 6.07) is 2.84. The van der Waals surface area contributed by atoms with E-state index in [-0.39, 0.29) is 37.2 Å². The lowest BCUT2D eigenvalue weighted by atomic mass is 10.0. The van der Waals surface area contributed by atoms with Crippen LogP contribution >= 0.6 is 11.8 Å². The molecule has 0 heterocycles. The Morgan fingerprint density at radius 2 is 1.00 bits per heavy atom. The molecule has 330 valence electrons. The smallest absolute Gasteiger partial charge is 0.326 e. The number of benzene rings is 2. The molecule has 0 aliphatic heterocycles. The molecule has 0 unspecified atom stereocenters. The first-order chi connectivity index (χ1) is 28.4. The molecule has 0 saturated heterocycles. The van der Waals surface area contributed by atoms with Gasteiger partial charge in [0.25, 0.3) is 0 Å². The van der Waals surface area contributed by atoms with Crippen molar-refractivity contribution in [2.24, 2.45) is 17.2 Å². The number of carbonyl (C=O) groups excluding carboxylic acids is 6. The number of hydrogen-bond donors (Lipinski definition) is 12. The fourth-order valence-electron chi connectivity index (χ4n) is 5.75. The van der Waals surface area contributed by atoms with Crippen molar-refractivity contribution in [2.45, 2.75) is 100 Å². The average Bonchev–Trinajstić information content (AvgIpc) is 3.20. The molecule has 15 N–H and O–H groups in total. The maximum absolute atomic E-state index is 13.9. The molecule has 0 saturated carbocycles. The van der Waals surface area contributed by atoms with E-state index >= 15 is 0 Å². The third-order valence-electron chi connectivity index (χ3n) is 9.14. The maximum Gasteiger partial charge on any atom is 0.326 e. The number of aromatic hydroxyl groups is 2. The summed E-state index contributed by atoms with van der Waals surface area (Å²) < 4.78 is 0. The second-order valence-electron chi connectivity index (χ2n) is 14.0. The Labute approximate surface area is 351 Å². The van der Waals surface area contributed by atoms with E-state index in [1.165, 1.54) is 60.3 Å². The van der Waals surface area contributed by atoms with Crippen molar-refractivity contribution < 1.29 is 58.8 Å². The minimum absolute atomic E-state index is 0.0631. The van der Waals surface area contributed by atoms with Gasteiger partial charge < -0.3 is 64.2 Å². The van der Waals surface area contributed by atoms with Gasteiger partial charge in [-0.2, -0.15) is 11.8 Å². The highest BCUT2D eigenvalue weighted by molar-refractivity contribution is 7.98. The topological polar surface area (TPSA) is 356 Å². The summed E-state index contributed by atoms with van der Waals surface area (Å²) in [4.78, 5) is 104. The van der Waals surface area contributed by atoms with Crippen LogP contribution < -0.4 is 43.8 Å². The van der Waals surface area contributed by atoms with Crippen molar-refractivity contribution in [3.05, 3.63) is 59.7 Å². The monoisotopic (exact) mass is 860 g/mol. The molecule has 60 heavy (non-hydrogen) atoms. The number of phenolic OH excluding ortho intramolecular Hbond substituents is 2. The minimum atomic E-state index is -1.65. The van der Waals surface area contributed by atoms with Crippen LogP contribution in [0.3, 0.4) is 0 Å². The predicted octanol–water partition coefficient (Wildman–Crippen LogP) is -1.27. The van der Waals surface area contributed by atoms with Gasteiger partial charge >= 0.3 is 11.9 Å². The lowest BCUT2D eigenvalue weighted by Gasteiger charge is -2.27. The van der Waals surface area contributed by atoms with E-state index < -0.39 is 103 Å². The van der Waals surface area contributed by atoms with Gasteiger partial charge in [-0.05, 0) is 86.0 Å². The summed E-state index contributed by atoms with van der Waals surface area (Å²) in [6.07, 6.45) is 1.06. The summed E-state index contributed by atoms with van der Waals surface area (Å²) in [5, 5.41) is 51.1. The van der Waals surface area contributed by atoms with Gasteiger partial charge in [-0.3, -0.25) is 33.6 Å². The largest absolute Gasteiger partial charge is 0.508 e. The lowest BCUT2D eigenvalue weighted by Crippen LogP contribution is -2.59. The Balaban J connectivity index is 2.39. The van der Waals surface area contributed by atoms with Crippen molar-refractivity contribution in [3.8, 4) is 11.5 Å². The first-order valence-electron chi connectivity index (χ1n) is 19.2. The number of thioether (sulfide) groups is 1. The van der Waals surface area contributed by atoms with Crippen LogP contribution in [-0.4, -0.2) is 123 Å². The van der Waals surface area contributed by atoms with Gasteiger partial charge in [-0.25, -0.2) is 4.79 Å². The molecule has 6 amide bonds. The van der Waals surface area contributed by atoms with Crippen LogP contribution in [0, 0.1) is 0 Å². The van der Waals surface area contributed by atoms with E-state index in [9.17, 15) is 58.8 Å². The van der Waals surface area contributed by atoms with Gasteiger partial charge in [0, 0.05) is 25.7 Å². The quantitative estimate of drug-likeness (QED) is 0.0444. The molecule has 0 aliphatic carbocycles. The first-order valence-corrected chi connectivity index (χ1v) is 20.6. The number of carbonyl (C=O) groups is 8. The second-order valence-corrected chi connectivity index (χ2v) is 15.0. The van der Waals surface area contributed by atoms with E-state index in [0.29, 0.717) is 42.7 Å². The SMILES string of the molecule is CSCC[C@H](NC(=O)[C@@H](N)CCCCN)C(=O)N[C@@H](CCC(N)=O)C(=O)N[C@@H](CCC(=O)O)C(=O)N[C@@H](Cc1ccc(O)cc1)C(=O)N[C@@H](Cc1ccc(O)cc1)C(=O)O. The van der Waals surface area contributed by atoms with Gasteiger partial charge in [-0.15, -0.1) is 0 Å². The summed E-state index contributed by atoms with van der Waals surface area (Å²) in [5.41, 5.74) is 17.7. The fourth-order valence-corrected chi connectivity index (χ4v) is 6.22. The number of carboxylic acids is 2. The third-order valence-corrected chi connectivity index (χ3v) is 9.79. The highest BCUT2D eigenvalue weighted by Crippen LogP contribution is 2.15. The van der Waals surface area contributed by atoms with Crippen molar-refractivity contribution in [1.29, 1.82) is 0 Å². The summed E-state index contributed by atoms with van der Waals surface area (Å²) >= 11 is 1.38. The second kappa shape index (κ2) is 26.2. The van der Waals surface area contributed by atoms with E-state index in [0.717, 1.165) is 0 Å². The van der Waals surface area contributed by atoms with Crippen LogP contribution in [0.4, 0.5) is 0 Å². The van der Waals surface area contributed by atoms with Crippen molar-refractivity contribution >= 4 is 59.1 Å². The number of unbranched alkanes of at least 4 members (excludes halogenated alkanes) is 1. The van der Waals surface area contributed by atoms with Crippen LogP contribution in [0.2, 0.25) is 0 Å². The van der Waals surface area contributed by atoms with E-state index in [1.54, 1.807) is 6.26 Å². The molecule has 0 aromatic heterocycles. The summed E-state index contributed by atoms with van der Waals surface area (Å²) in [7, 11) is 0. The molecule has 6 atom stereocenters. The van der Waals surface area contributed by atoms with Gasteiger partial charge in [0.1, 0.15) is 41.7 Å². The third kappa shape index (κ3) is 18.8. The number of nitrogens with one attached hydrogen (secondary N) is 5. The van der Waals surface area contributed by atoms with E-state index in [1.807, 2.05) is 0 Å². The van der Waals surface area contributed by atoms with Crippen LogP contribution in [-0.2, 0) is 51.2 Å². The fraction of sp³-hybridized carbons (Fsp3) is 0.487. The molecule has 0 aliphatic rings. The highest BCUT2D eigenvalue weighted by Gasteiger charge is 2.33. The Kier molecular flexibility index (Phi) is 21.9. The first kappa shape index (κ1) is 50.2. The Morgan fingerprint density at radius 1 is 0.583 bits per heavy atom. The van der Waals surface area contributed by atoms with Gasteiger partial charge in [0.15, 0.2) is 0 Å². The maximum atomic E-state index is 13.9. The van der Waals surface area contributed by atoms with E-state index in [4.69, 9.17) is 17.2 Å². The molecule has 2 rings (SSSR count). The Bertz CT molecular complexity index is 1770. The zero-order valence-corrected chi connectivity index (χ0v) is 34.1. The molecule has 0 spiro atoms. The number of rotatable bonds is 28.